The van der Waals surface area contributed by atoms with Crippen molar-refractivity contribution in [3.05, 3.63) is 35.7 Å². The summed E-state index contributed by atoms with van der Waals surface area (Å²) in [6, 6.07) is 7.29. The van der Waals surface area contributed by atoms with Crippen LogP contribution in [0.3, 0.4) is 0 Å². The first-order valence-electron chi connectivity index (χ1n) is 8.53. The maximum Gasteiger partial charge on any atom is 0.321 e. The molecule has 1 heterocycles. The highest BCUT2D eigenvalue weighted by atomic mass is 32.2. The number of nitrogens with zero attached hydrogens (tertiary/aromatic N) is 3. The zero-order valence-corrected chi connectivity index (χ0v) is 16.4. The van der Waals surface area contributed by atoms with E-state index in [2.05, 4.69) is 34.7 Å². The summed E-state index contributed by atoms with van der Waals surface area (Å²) in [5, 5.41) is 13.0. The Morgan fingerprint density at radius 2 is 1.96 bits per heavy atom. The number of hydrogen-bond donors (Lipinski definition) is 3. The number of urea groups is 1. The summed E-state index contributed by atoms with van der Waals surface area (Å²) in [6.45, 7) is 6.60. The van der Waals surface area contributed by atoms with Crippen molar-refractivity contribution >= 4 is 23.7 Å². The van der Waals surface area contributed by atoms with Crippen LogP contribution in [0.15, 0.2) is 29.4 Å². The van der Waals surface area contributed by atoms with Gasteiger partial charge in [-0.1, -0.05) is 37.7 Å². The fourth-order valence-corrected chi connectivity index (χ4v) is 2.77. The molecule has 0 fully saturated rings. The van der Waals surface area contributed by atoms with Gasteiger partial charge in [-0.25, -0.2) is 9.47 Å². The van der Waals surface area contributed by atoms with Crippen LogP contribution >= 0.6 is 11.8 Å². The van der Waals surface area contributed by atoms with Crippen LogP contribution in [0.4, 0.5) is 4.79 Å². The Balaban J connectivity index is 1.85. The number of carbonyl (C=O) groups excluding carboxylic acids is 2. The molecule has 3 amide bonds. The van der Waals surface area contributed by atoms with Gasteiger partial charge >= 0.3 is 6.03 Å². The molecule has 4 N–H and O–H groups in total. The topological polar surface area (TPSA) is 124 Å². The molecule has 0 atom stereocenters. The molecule has 0 radical (unpaired) electrons. The van der Waals surface area contributed by atoms with Crippen LogP contribution in [-0.4, -0.2) is 39.1 Å². The van der Waals surface area contributed by atoms with Crippen molar-refractivity contribution in [3.8, 4) is 5.75 Å². The van der Waals surface area contributed by atoms with Crippen molar-refractivity contribution in [2.75, 3.05) is 18.1 Å². The first kappa shape index (κ1) is 20.6. The normalized spacial score (nSPS) is 10.7. The molecule has 0 saturated carbocycles. The number of imide groups is 1. The zero-order valence-electron chi connectivity index (χ0n) is 15.6. The fourth-order valence-electron chi connectivity index (χ4n) is 2.10. The first-order valence-corrected chi connectivity index (χ1v) is 9.51. The van der Waals surface area contributed by atoms with E-state index in [-0.39, 0.29) is 12.4 Å². The summed E-state index contributed by atoms with van der Waals surface area (Å²) < 4.78 is 6.95. The molecule has 0 aliphatic rings. The van der Waals surface area contributed by atoms with E-state index in [0.717, 1.165) is 11.8 Å². The van der Waals surface area contributed by atoms with Crippen LogP contribution in [0, 0.1) is 0 Å². The summed E-state index contributed by atoms with van der Waals surface area (Å²) in [5.74, 6) is 7.08. The maximum absolute atomic E-state index is 11.7. The second-order valence-electron chi connectivity index (χ2n) is 5.98. The highest BCUT2D eigenvalue weighted by molar-refractivity contribution is 7.99. The average Bonchev–Trinajstić information content (AvgIpc) is 2.98. The van der Waals surface area contributed by atoms with Crippen molar-refractivity contribution in [3.63, 3.8) is 0 Å². The van der Waals surface area contributed by atoms with Crippen LogP contribution in [-0.2, 0) is 11.4 Å². The Bertz CT molecular complexity index is 775. The van der Waals surface area contributed by atoms with E-state index < -0.39 is 11.9 Å². The van der Waals surface area contributed by atoms with Gasteiger partial charge in [0, 0.05) is 6.54 Å². The number of aromatic nitrogens is 3. The molecule has 0 aliphatic carbocycles. The van der Waals surface area contributed by atoms with Crippen LogP contribution in [0.2, 0.25) is 0 Å². The summed E-state index contributed by atoms with van der Waals surface area (Å²) >= 11 is 1.08. The van der Waals surface area contributed by atoms with Gasteiger partial charge < -0.3 is 15.9 Å². The van der Waals surface area contributed by atoms with Crippen LogP contribution in [0.1, 0.15) is 38.1 Å². The Hall–Kier alpha value is -2.75. The molecule has 27 heavy (non-hydrogen) atoms. The predicted octanol–water partition coefficient (Wildman–Crippen LogP) is 1.63. The van der Waals surface area contributed by atoms with E-state index >= 15 is 0 Å². The van der Waals surface area contributed by atoms with E-state index in [9.17, 15) is 9.59 Å². The number of nitrogen functional groups attached to an aromatic ring is 1. The number of nitrogens with two attached hydrogens (primary N) is 1. The van der Waals surface area contributed by atoms with Gasteiger partial charge in [0.1, 0.15) is 12.4 Å². The van der Waals surface area contributed by atoms with Crippen molar-refractivity contribution < 1.29 is 14.3 Å². The lowest BCUT2D eigenvalue weighted by Crippen LogP contribution is -2.40. The summed E-state index contributed by atoms with van der Waals surface area (Å²) in [4.78, 5) is 23.0. The molecule has 0 saturated heterocycles. The molecule has 10 heteroatoms. The summed E-state index contributed by atoms with van der Waals surface area (Å²) in [6.07, 6.45) is 0. The highest BCUT2D eigenvalue weighted by Crippen LogP contribution is 2.20. The van der Waals surface area contributed by atoms with Gasteiger partial charge in [0.05, 0.1) is 5.75 Å². The van der Waals surface area contributed by atoms with Crippen molar-refractivity contribution in [2.45, 2.75) is 38.5 Å². The number of ether oxygens (including phenoxy) is 1. The van der Waals surface area contributed by atoms with Crippen molar-refractivity contribution in [2.24, 2.45) is 0 Å². The van der Waals surface area contributed by atoms with Gasteiger partial charge in [-0.05, 0) is 30.5 Å². The van der Waals surface area contributed by atoms with Gasteiger partial charge in [-0.15, -0.1) is 10.2 Å². The van der Waals surface area contributed by atoms with E-state index in [1.54, 1.807) is 6.92 Å². The quantitative estimate of drug-likeness (QED) is 0.461. The van der Waals surface area contributed by atoms with E-state index in [1.807, 2.05) is 24.3 Å². The van der Waals surface area contributed by atoms with E-state index in [1.165, 1.54) is 10.2 Å². The average molecular weight is 392 g/mol. The fraction of sp³-hybridized carbons (Fsp3) is 0.412. The van der Waals surface area contributed by atoms with Gasteiger partial charge in [-0.2, -0.15) is 0 Å². The standard InChI is InChI=1S/C17H24N6O3S/c1-4-19-16(25)20-15(24)10-27-17-22-21-14(23(17)18)9-26-13-7-5-12(6-8-13)11(2)3/h5-8,11H,4,9-10,18H2,1-3H3,(H2,19,20,24,25). The predicted molar refractivity (Wildman–Crippen MR) is 103 cm³/mol. The smallest absolute Gasteiger partial charge is 0.321 e. The summed E-state index contributed by atoms with van der Waals surface area (Å²) in [7, 11) is 0. The van der Waals surface area contributed by atoms with Crippen LogP contribution in [0.25, 0.3) is 0 Å². The molecular weight excluding hydrogens is 368 g/mol. The number of hydrogen-bond acceptors (Lipinski definition) is 7. The molecule has 9 nitrogen and oxygen atoms in total. The molecule has 0 spiro atoms. The molecular formula is C17H24N6O3S. The maximum atomic E-state index is 11.7. The Morgan fingerprint density at radius 1 is 1.26 bits per heavy atom. The third-order valence-corrected chi connectivity index (χ3v) is 4.52. The van der Waals surface area contributed by atoms with Gasteiger partial charge in [0.25, 0.3) is 0 Å². The minimum absolute atomic E-state index is 0.00993. The second kappa shape index (κ2) is 9.81. The third-order valence-electron chi connectivity index (χ3n) is 3.57. The lowest BCUT2D eigenvalue weighted by molar-refractivity contribution is -0.117. The summed E-state index contributed by atoms with van der Waals surface area (Å²) in [5.41, 5.74) is 1.23. The largest absolute Gasteiger partial charge is 0.486 e. The number of thioether (sulfide) groups is 1. The van der Waals surface area contributed by atoms with E-state index in [4.69, 9.17) is 10.6 Å². The molecule has 0 bridgehead atoms. The number of amides is 3. The molecule has 0 aliphatic heterocycles. The lowest BCUT2D eigenvalue weighted by atomic mass is 10.0. The monoisotopic (exact) mass is 392 g/mol. The number of rotatable bonds is 8. The number of carbonyl (C=O) groups is 2. The Morgan fingerprint density at radius 3 is 2.59 bits per heavy atom. The molecule has 1 aromatic carbocycles. The van der Waals surface area contributed by atoms with Crippen molar-refractivity contribution in [1.29, 1.82) is 0 Å². The Kier molecular flexibility index (Phi) is 7.47. The third kappa shape index (κ3) is 6.17. The SMILES string of the molecule is CCNC(=O)NC(=O)CSc1nnc(COc2ccc(C(C)C)cc2)n1N. The van der Waals surface area contributed by atoms with Gasteiger partial charge in [-0.3, -0.25) is 10.1 Å². The first-order chi connectivity index (χ1) is 12.9. The van der Waals surface area contributed by atoms with Gasteiger partial charge in [0.2, 0.25) is 11.1 Å². The Labute approximate surface area is 162 Å². The lowest BCUT2D eigenvalue weighted by Gasteiger charge is -2.09. The molecule has 2 aromatic rings. The molecule has 1 aromatic heterocycles. The van der Waals surface area contributed by atoms with Crippen LogP contribution in [0.5, 0.6) is 5.75 Å². The molecule has 2 rings (SSSR count). The highest BCUT2D eigenvalue weighted by Gasteiger charge is 2.14. The zero-order chi connectivity index (χ0) is 19.8. The minimum atomic E-state index is -0.533. The molecule has 146 valence electrons. The van der Waals surface area contributed by atoms with Crippen LogP contribution < -0.4 is 21.2 Å². The number of benzene rings is 1. The van der Waals surface area contributed by atoms with Crippen molar-refractivity contribution in [1.82, 2.24) is 25.5 Å². The molecule has 0 unspecified atom stereocenters. The minimum Gasteiger partial charge on any atom is -0.486 e. The second-order valence-corrected chi connectivity index (χ2v) is 6.92. The van der Waals surface area contributed by atoms with E-state index in [0.29, 0.717) is 29.2 Å². The van der Waals surface area contributed by atoms with Gasteiger partial charge in [0.15, 0.2) is 5.82 Å². The number of nitrogens with one attached hydrogen (secondary N) is 2.